The van der Waals surface area contributed by atoms with E-state index in [0.717, 1.165) is 5.69 Å². The van der Waals surface area contributed by atoms with Gasteiger partial charge in [0.1, 0.15) is 11.5 Å². The summed E-state index contributed by atoms with van der Waals surface area (Å²) < 4.78 is 1.59. The average Bonchev–Trinajstić information content (AvgIpc) is 3.04. The van der Waals surface area contributed by atoms with Gasteiger partial charge in [0, 0.05) is 5.56 Å². The molecule has 1 heterocycles. The number of hydrogen-bond donors (Lipinski definition) is 2. The highest BCUT2D eigenvalue weighted by molar-refractivity contribution is 7.99. The molecule has 0 fully saturated rings. The lowest BCUT2D eigenvalue weighted by Gasteiger charge is -2.15. The Hall–Kier alpha value is -2.54. The molecule has 0 unspecified atom stereocenters. The van der Waals surface area contributed by atoms with E-state index in [2.05, 4.69) is 15.5 Å². The van der Waals surface area contributed by atoms with Crippen LogP contribution in [-0.2, 0) is 0 Å². The number of tetrazole rings is 1. The van der Waals surface area contributed by atoms with E-state index < -0.39 is 0 Å². The molecular formula is C16H16N4O2S. The minimum absolute atomic E-state index is 0.144. The second-order valence-electron chi connectivity index (χ2n) is 5.21. The first-order valence-corrected chi connectivity index (χ1v) is 7.85. The number of aromatic nitrogens is 4. The van der Waals surface area contributed by atoms with E-state index in [1.165, 1.54) is 11.8 Å². The van der Waals surface area contributed by atoms with Crippen LogP contribution in [0.4, 0.5) is 0 Å². The topological polar surface area (TPSA) is 84.1 Å². The number of benzene rings is 2. The van der Waals surface area contributed by atoms with Crippen molar-refractivity contribution in [3.8, 4) is 17.2 Å². The van der Waals surface area contributed by atoms with Crippen molar-refractivity contribution in [3.05, 3.63) is 47.0 Å². The van der Waals surface area contributed by atoms with Crippen molar-refractivity contribution < 1.29 is 10.2 Å². The molecule has 0 bridgehead atoms. The monoisotopic (exact) mass is 328 g/mol. The summed E-state index contributed by atoms with van der Waals surface area (Å²) in [7, 11) is 0. The first-order chi connectivity index (χ1) is 11.0. The zero-order chi connectivity index (χ0) is 16.6. The lowest BCUT2D eigenvalue weighted by molar-refractivity contribution is 0.437. The number of aromatic hydroxyl groups is 2. The van der Waals surface area contributed by atoms with Crippen molar-refractivity contribution in [1.82, 2.24) is 20.2 Å². The van der Waals surface area contributed by atoms with Gasteiger partial charge in [0.15, 0.2) is 0 Å². The maximum atomic E-state index is 10.4. The fourth-order valence-corrected chi connectivity index (χ4v) is 3.27. The Morgan fingerprint density at radius 2 is 1.57 bits per heavy atom. The molecule has 6 nitrogen and oxygen atoms in total. The highest BCUT2D eigenvalue weighted by Crippen LogP contribution is 2.44. The molecule has 0 spiro atoms. The van der Waals surface area contributed by atoms with E-state index in [0.29, 0.717) is 26.7 Å². The number of phenols is 2. The number of phenolic OH excluding ortho intramolecular Hbond substituents is 2. The second-order valence-corrected chi connectivity index (χ2v) is 6.19. The summed E-state index contributed by atoms with van der Waals surface area (Å²) in [4.78, 5) is 0.553. The summed E-state index contributed by atoms with van der Waals surface area (Å²) >= 11 is 1.22. The van der Waals surface area contributed by atoms with Gasteiger partial charge in [0.05, 0.1) is 10.6 Å². The molecule has 0 atom stereocenters. The van der Waals surface area contributed by atoms with Crippen LogP contribution in [0.2, 0.25) is 0 Å². The van der Waals surface area contributed by atoms with Crippen molar-refractivity contribution in [1.29, 1.82) is 0 Å². The Morgan fingerprint density at radius 1 is 0.913 bits per heavy atom. The molecule has 0 saturated heterocycles. The summed E-state index contributed by atoms with van der Waals surface area (Å²) in [5.41, 5.74) is 2.75. The number of nitrogens with zero attached hydrogens (tertiary/aromatic N) is 4. The van der Waals surface area contributed by atoms with E-state index in [1.807, 2.05) is 30.3 Å². The minimum atomic E-state index is 0.144. The Balaban J connectivity index is 2.07. The molecule has 0 aliphatic heterocycles. The molecule has 0 saturated carbocycles. The van der Waals surface area contributed by atoms with E-state index in [-0.39, 0.29) is 11.5 Å². The Labute approximate surface area is 137 Å². The SMILES string of the molecule is Cc1c(C)c(O)c(Sc2nnnn2-c2ccccc2)c(C)c1O. The van der Waals surface area contributed by atoms with Crippen molar-refractivity contribution in [2.24, 2.45) is 0 Å². The minimum Gasteiger partial charge on any atom is -0.507 e. The summed E-state index contributed by atoms with van der Waals surface area (Å²) in [5.74, 6) is 0.326. The highest BCUT2D eigenvalue weighted by atomic mass is 32.2. The molecule has 2 aromatic carbocycles. The zero-order valence-corrected chi connectivity index (χ0v) is 13.8. The molecule has 0 aliphatic rings. The van der Waals surface area contributed by atoms with Crippen LogP contribution in [0, 0.1) is 20.8 Å². The van der Waals surface area contributed by atoms with E-state index in [4.69, 9.17) is 0 Å². The lowest BCUT2D eigenvalue weighted by Crippen LogP contribution is -1.99. The number of rotatable bonds is 3. The van der Waals surface area contributed by atoms with Crippen LogP contribution in [-0.4, -0.2) is 30.4 Å². The molecule has 2 N–H and O–H groups in total. The molecule has 1 aromatic heterocycles. The van der Waals surface area contributed by atoms with Crippen LogP contribution in [0.3, 0.4) is 0 Å². The van der Waals surface area contributed by atoms with Crippen LogP contribution in [0.15, 0.2) is 40.4 Å². The van der Waals surface area contributed by atoms with Crippen molar-refractivity contribution >= 4 is 11.8 Å². The van der Waals surface area contributed by atoms with Gasteiger partial charge in [-0.05, 0) is 66.2 Å². The third-order valence-corrected chi connectivity index (χ3v) is 4.96. The van der Waals surface area contributed by atoms with Crippen LogP contribution >= 0.6 is 11.8 Å². The van der Waals surface area contributed by atoms with Gasteiger partial charge in [-0.25, -0.2) is 0 Å². The molecular weight excluding hydrogens is 312 g/mol. The number of hydrogen-bond acceptors (Lipinski definition) is 6. The van der Waals surface area contributed by atoms with E-state index >= 15 is 0 Å². The van der Waals surface area contributed by atoms with Gasteiger partial charge in [-0.2, -0.15) is 4.68 Å². The lowest BCUT2D eigenvalue weighted by atomic mass is 10.0. The zero-order valence-electron chi connectivity index (χ0n) is 13.0. The van der Waals surface area contributed by atoms with Crippen molar-refractivity contribution in [2.45, 2.75) is 30.8 Å². The third-order valence-electron chi connectivity index (χ3n) is 3.82. The summed E-state index contributed by atoms with van der Waals surface area (Å²) in [6, 6.07) is 9.50. The first-order valence-electron chi connectivity index (χ1n) is 7.04. The Morgan fingerprint density at radius 3 is 2.26 bits per heavy atom. The van der Waals surface area contributed by atoms with E-state index in [1.54, 1.807) is 25.5 Å². The van der Waals surface area contributed by atoms with Gasteiger partial charge in [0.25, 0.3) is 0 Å². The van der Waals surface area contributed by atoms with Gasteiger partial charge < -0.3 is 10.2 Å². The molecule has 3 rings (SSSR count). The van der Waals surface area contributed by atoms with E-state index in [9.17, 15) is 10.2 Å². The molecule has 118 valence electrons. The third kappa shape index (κ3) is 2.63. The molecule has 7 heteroatoms. The largest absolute Gasteiger partial charge is 0.507 e. The average molecular weight is 328 g/mol. The fraction of sp³-hybridized carbons (Fsp3) is 0.188. The summed E-state index contributed by atoms with van der Waals surface area (Å²) in [5, 5.41) is 32.9. The van der Waals surface area contributed by atoms with Gasteiger partial charge in [-0.15, -0.1) is 5.10 Å². The van der Waals surface area contributed by atoms with Crippen molar-refractivity contribution in [3.63, 3.8) is 0 Å². The standard InChI is InChI=1S/C16H16N4O2S/c1-9-10(2)14(22)15(11(3)13(9)21)23-16-17-18-19-20(16)12-7-5-4-6-8-12/h4-8,21-22H,1-3H3. The molecule has 23 heavy (non-hydrogen) atoms. The van der Waals surface area contributed by atoms with Crippen molar-refractivity contribution in [2.75, 3.05) is 0 Å². The summed E-state index contributed by atoms with van der Waals surface area (Å²) in [6.07, 6.45) is 0. The molecule has 0 aliphatic carbocycles. The number of para-hydroxylation sites is 1. The Bertz CT molecular complexity index is 833. The predicted molar refractivity (Wildman–Crippen MR) is 87.3 cm³/mol. The van der Waals surface area contributed by atoms with Crippen LogP contribution in [0.25, 0.3) is 5.69 Å². The maximum Gasteiger partial charge on any atom is 0.219 e. The van der Waals surface area contributed by atoms with Crippen LogP contribution in [0.5, 0.6) is 11.5 Å². The molecule has 3 aromatic rings. The van der Waals surface area contributed by atoms with Gasteiger partial charge in [-0.3, -0.25) is 0 Å². The Kier molecular flexibility index (Phi) is 3.96. The quantitative estimate of drug-likeness (QED) is 0.719. The highest BCUT2D eigenvalue weighted by Gasteiger charge is 2.20. The first kappa shape index (κ1) is 15.4. The van der Waals surface area contributed by atoms with Crippen LogP contribution in [0.1, 0.15) is 16.7 Å². The molecule has 0 radical (unpaired) electrons. The van der Waals surface area contributed by atoms with Gasteiger partial charge in [-0.1, -0.05) is 18.2 Å². The maximum absolute atomic E-state index is 10.4. The summed E-state index contributed by atoms with van der Waals surface area (Å²) in [6.45, 7) is 5.31. The fourth-order valence-electron chi connectivity index (χ4n) is 2.28. The van der Waals surface area contributed by atoms with Crippen LogP contribution < -0.4 is 0 Å². The predicted octanol–water partition coefficient (Wildman–Crippen LogP) is 3.15. The second kappa shape index (κ2) is 5.92. The van der Waals surface area contributed by atoms with Gasteiger partial charge in [0.2, 0.25) is 5.16 Å². The normalized spacial score (nSPS) is 10.9. The smallest absolute Gasteiger partial charge is 0.219 e. The van der Waals surface area contributed by atoms with Gasteiger partial charge >= 0.3 is 0 Å². The molecule has 0 amide bonds.